The van der Waals surface area contributed by atoms with Gasteiger partial charge >= 0.3 is 0 Å². The van der Waals surface area contributed by atoms with Crippen LogP contribution in [-0.4, -0.2) is 21.9 Å². The summed E-state index contributed by atoms with van der Waals surface area (Å²) in [6, 6.07) is 6.43. The zero-order chi connectivity index (χ0) is 15.7. The van der Waals surface area contributed by atoms with Gasteiger partial charge in [-0.2, -0.15) is 5.10 Å². The lowest BCUT2D eigenvalue weighted by atomic mass is 10.2. The zero-order valence-corrected chi connectivity index (χ0v) is 15.1. The minimum Gasteiger partial charge on any atom is -0.361 e. The van der Waals surface area contributed by atoms with Crippen molar-refractivity contribution in [1.29, 1.82) is 0 Å². The Bertz CT molecular complexity index is 898. The molecule has 4 nitrogen and oxygen atoms in total. The van der Waals surface area contributed by atoms with Crippen molar-refractivity contribution in [2.75, 3.05) is 0 Å². The number of H-pyrrole nitrogens is 1. The van der Waals surface area contributed by atoms with Gasteiger partial charge in [0.25, 0.3) is 0 Å². The van der Waals surface area contributed by atoms with E-state index in [1.807, 2.05) is 30.1 Å². The van der Waals surface area contributed by atoms with Gasteiger partial charge in [0.2, 0.25) is 4.80 Å². The number of thiazole rings is 1. The highest BCUT2D eigenvalue weighted by atomic mass is 79.9. The van der Waals surface area contributed by atoms with Gasteiger partial charge < -0.3 is 4.98 Å². The van der Waals surface area contributed by atoms with E-state index < -0.39 is 0 Å². The second-order valence-electron chi connectivity index (χ2n) is 5.37. The van der Waals surface area contributed by atoms with Crippen LogP contribution in [-0.2, 0) is 0 Å². The first-order valence-corrected chi connectivity index (χ1v) is 8.74. The zero-order valence-electron chi connectivity index (χ0n) is 12.7. The van der Waals surface area contributed by atoms with E-state index in [2.05, 4.69) is 62.4 Å². The first-order chi connectivity index (χ1) is 10.5. The minimum absolute atomic E-state index is 0.253. The number of halogens is 1. The Labute approximate surface area is 141 Å². The van der Waals surface area contributed by atoms with Crippen LogP contribution in [0, 0.1) is 6.92 Å². The summed E-state index contributed by atoms with van der Waals surface area (Å²) >= 11 is 5.13. The fourth-order valence-electron chi connectivity index (χ4n) is 2.18. The van der Waals surface area contributed by atoms with Crippen molar-refractivity contribution in [3.05, 3.63) is 50.3 Å². The second kappa shape index (κ2) is 6.22. The van der Waals surface area contributed by atoms with Crippen LogP contribution in [0.1, 0.15) is 25.1 Å². The van der Waals surface area contributed by atoms with Crippen LogP contribution in [0.2, 0.25) is 0 Å². The van der Waals surface area contributed by atoms with Crippen LogP contribution in [0.3, 0.4) is 0 Å². The Morgan fingerprint density at radius 2 is 2.18 bits per heavy atom. The third-order valence-electron chi connectivity index (χ3n) is 3.21. The van der Waals surface area contributed by atoms with E-state index in [1.54, 1.807) is 11.3 Å². The van der Waals surface area contributed by atoms with Crippen LogP contribution < -0.4 is 4.80 Å². The molecule has 22 heavy (non-hydrogen) atoms. The minimum atomic E-state index is 0.253. The SMILES string of the molecule is Cc1csc(=NC(C)C)n1N=Cc1c[nH]c2ccc(Br)cc12. The van der Waals surface area contributed by atoms with Crippen molar-refractivity contribution in [2.24, 2.45) is 10.1 Å². The molecule has 0 aliphatic carbocycles. The van der Waals surface area contributed by atoms with Crippen LogP contribution in [0.15, 0.2) is 44.3 Å². The van der Waals surface area contributed by atoms with Crippen molar-refractivity contribution in [3.8, 4) is 0 Å². The van der Waals surface area contributed by atoms with Crippen molar-refractivity contribution < 1.29 is 0 Å². The first kappa shape index (κ1) is 15.2. The summed E-state index contributed by atoms with van der Waals surface area (Å²) in [6.45, 7) is 6.18. The lowest BCUT2D eigenvalue weighted by Crippen LogP contribution is -2.14. The van der Waals surface area contributed by atoms with Gasteiger partial charge in [0.1, 0.15) is 0 Å². The highest BCUT2D eigenvalue weighted by Crippen LogP contribution is 2.21. The number of fused-ring (bicyclic) bond motifs is 1. The number of aryl methyl sites for hydroxylation is 1. The maximum absolute atomic E-state index is 4.61. The van der Waals surface area contributed by atoms with Gasteiger partial charge in [0.05, 0.1) is 11.9 Å². The van der Waals surface area contributed by atoms with Gasteiger partial charge in [-0.3, -0.25) is 4.99 Å². The van der Waals surface area contributed by atoms with Gasteiger partial charge in [0, 0.05) is 38.6 Å². The number of benzene rings is 1. The van der Waals surface area contributed by atoms with E-state index >= 15 is 0 Å². The molecule has 0 amide bonds. The number of rotatable bonds is 3. The molecule has 0 bridgehead atoms. The van der Waals surface area contributed by atoms with E-state index in [-0.39, 0.29) is 6.04 Å². The van der Waals surface area contributed by atoms with E-state index in [9.17, 15) is 0 Å². The van der Waals surface area contributed by atoms with E-state index in [4.69, 9.17) is 0 Å². The Hall–Kier alpha value is -1.66. The normalized spacial score (nSPS) is 13.0. The largest absolute Gasteiger partial charge is 0.361 e. The molecule has 1 N–H and O–H groups in total. The summed E-state index contributed by atoms with van der Waals surface area (Å²) in [6.07, 6.45) is 3.85. The van der Waals surface area contributed by atoms with Crippen molar-refractivity contribution >= 4 is 44.4 Å². The van der Waals surface area contributed by atoms with Crippen LogP contribution in [0.25, 0.3) is 10.9 Å². The summed E-state index contributed by atoms with van der Waals surface area (Å²) in [5, 5.41) is 7.84. The summed E-state index contributed by atoms with van der Waals surface area (Å²) < 4.78 is 2.95. The van der Waals surface area contributed by atoms with E-state index in [0.29, 0.717) is 0 Å². The average Bonchev–Trinajstić information content (AvgIpc) is 3.01. The summed E-state index contributed by atoms with van der Waals surface area (Å²) in [4.78, 5) is 8.79. The fourth-order valence-corrected chi connectivity index (χ4v) is 3.48. The van der Waals surface area contributed by atoms with E-state index in [0.717, 1.165) is 31.4 Å². The van der Waals surface area contributed by atoms with Crippen molar-refractivity contribution in [3.63, 3.8) is 0 Å². The second-order valence-corrected chi connectivity index (χ2v) is 7.13. The molecule has 3 aromatic rings. The topological polar surface area (TPSA) is 45.4 Å². The molecule has 0 aliphatic heterocycles. The average molecular weight is 377 g/mol. The monoisotopic (exact) mass is 376 g/mol. The molecule has 1 aromatic carbocycles. The number of aromatic amines is 1. The molecule has 0 fully saturated rings. The molecule has 0 saturated carbocycles. The standard InChI is InChI=1S/C16H17BrN4S/c1-10(2)20-16-21(11(3)9-22-16)19-8-12-7-18-15-5-4-13(17)6-14(12)15/h4-10,18H,1-3H3. The Morgan fingerprint density at radius 3 is 2.95 bits per heavy atom. The van der Waals surface area contributed by atoms with Crippen molar-refractivity contribution in [1.82, 2.24) is 9.66 Å². The molecule has 0 unspecified atom stereocenters. The summed E-state index contributed by atoms with van der Waals surface area (Å²) in [5.41, 5.74) is 3.25. The number of nitrogens with zero attached hydrogens (tertiary/aromatic N) is 3. The predicted molar refractivity (Wildman–Crippen MR) is 96.7 cm³/mol. The van der Waals surface area contributed by atoms with Crippen LogP contribution >= 0.6 is 27.3 Å². The van der Waals surface area contributed by atoms with Crippen LogP contribution in [0.5, 0.6) is 0 Å². The molecule has 6 heteroatoms. The molecule has 0 saturated heterocycles. The van der Waals surface area contributed by atoms with Gasteiger partial charge in [-0.05, 0) is 39.0 Å². The Balaban J connectivity index is 2.04. The molecular weight excluding hydrogens is 360 g/mol. The Morgan fingerprint density at radius 1 is 1.36 bits per heavy atom. The maximum atomic E-state index is 4.61. The Kier molecular flexibility index (Phi) is 4.31. The van der Waals surface area contributed by atoms with Gasteiger partial charge in [-0.25, -0.2) is 4.68 Å². The third-order valence-corrected chi connectivity index (χ3v) is 4.65. The number of nitrogens with one attached hydrogen (secondary N) is 1. The molecular formula is C16H17BrN4S. The lowest BCUT2D eigenvalue weighted by molar-refractivity contribution is 0.738. The van der Waals surface area contributed by atoms with Gasteiger partial charge in [0.15, 0.2) is 0 Å². The molecule has 0 aliphatic rings. The molecule has 3 rings (SSSR count). The van der Waals surface area contributed by atoms with Crippen LogP contribution in [0.4, 0.5) is 0 Å². The molecule has 0 spiro atoms. The highest BCUT2D eigenvalue weighted by Gasteiger charge is 2.04. The highest BCUT2D eigenvalue weighted by molar-refractivity contribution is 9.10. The summed E-state index contributed by atoms with van der Waals surface area (Å²) in [7, 11) is 0. The first-order valence-electron chi connectivity index (χ1n) is 7.06. The fraction of sp³-hybridized carbons (Fsp3) is 0.250. The quantitative estimate of drug-likeness (QED) is 0.662. The number of hydrogen-bond donors (Lipinski definition) is 1. The number of hydrogen-bond acceptors (Lipinski definition) is 3. The van der Waals surface area contributed by atoms with E-state index in [1.165, 1.54) is 0 Å². The van der Waals surface area contributed by atoms with Crippen molar-refractivity contribution in [2.45, 2.75) is 26.8 Å². The molecule has 2 aromatic heterocycles. The summed E-state index contributed by atoms with van der Waals surface area (Å²) in [5.74, 6) is 0. The third kappa shape index (κ3) is 3.08. The molecule has 0 atom stereocenters. The smallest absolute Gasteiger partial charge is 0.206 e. The van der Waals surface area contributed by atoms with Gasteiger partial charge in [-0.15, -0.1) is 11.3 Å². The van der Waals surface area contributed by atoms with Gasteiger partial charge in [-0.1, -0.05) is 15.9 Å². The maximum Gasteiger partial charge on any atom is 0.206 e. The number of aromatic nitrogens is 2. The lowest BCUT2D eigenvalue weighted by Gasteiger charge is -1.99. The molecule has 114 valence electrons. The predicted octanol–water partition coefficient (Wildman–Crippen LogP) is 4.29. The molecule has 2 heterocycles. The molecule has 0 radical (unpaired) electrons.